The minimum Gasteiger partial charge on any atom is -0.459 e. The molecule has 0 spiro atoms. The fraction of sp³-hybridized carbons (Fsp3) is 0.429. The van der Waals surface area contributed by atoms with Crippen LogP contribution in [0.5, 0.6) is 0 Å². The number of likely N-dealkylation sites (tertiary alicyclic amines) is 1. The van der Waals surface area contributed by atoms with Gasteiger partial charge in [-0.3, -0.25) is 9.36 Å². The maximum atomic E-state index is 13.5. The SMILES string of the molecule is O=C(C1=CC(c2ccccc2)CC(OCCCCO)O1)N1CCC(n2c(=O)[nH]c3ccccc32)CC1. The number of carbonyl (C=O) groups excluding carboxylic acids is 1. The van der Waals surface area contributed by atoms with Gasteiger partial charge in [0.15, 0.2) is 5.76 Å². The first kappa shape index (κ1) is 24.3. The van der Waals surface area contributed by atoms with Crippen LogP contribution in [0.1, 0.15) is 49.6 Å². The first-order chi connectivity index (χ1) is 17.6. The monoisotopic (exact) mass is 491 g/mol. The number of hydrogen-bond acceptors (Lipinski definition) is 5. The topological polar surface area (TPSA) is 96.8 Å². The van der Waals surface area contributed by atoms with E-state index in [9.17, 15) is 9.59 Å². The van der Waals surface area contributed by atoms with Crippen LogP contribution in [0.4, 0.5) is 0 Å². The number of carbonyl (C=O) groups is 1. The van der Waals surface area contributed by atoms with E-state index in [4.69, 9.17) is 14.6 Å². The van der Waals surface area contributed by atoms with Crippen molar-refractivity contribution in [3.63, 3.8) is 0 Å². The third-order valence-electron chi connectivity index (χ3n) is 7.09. The first-order valence-electron chi connectivity index (χ1n) is 12.8. The Bertz CT molecular complexity index is 1260. The van der Waals surface area contributed by atoms with Crippen molar-refractivity contribution in [1.29, 1.82) is 0 Å². The molecule has 3 aromatic rings. The molecular weight excluding hydrogens is 458 g/mol. The molecule has 36 heavy (non-hydrogen) atoms. The highest BCUT2D eigenvalue weighted by Crippen LogP contribution is 2.33. The predicted molar refractivity (Wildman–Crippen MR) is 136 cm³/mol. The number of nitrogens with zero attached hydrogens (tertiary/aromatic N) is 2. The number of benzene rings is 2. The summed E-state index contributed by atoms with van der Waals surface area (Å²) >= 11 is 0. The molecule has 190 valence electrons. The molecular formula is C28H33N3O5. The minimum atomic E-state index is -0.514. The lowest BCUT2D eigenvalue weighted by molar-refractivity contribution is -0.153. The molecule has 1 aromatic heterocycles. The zero-order valence-corrected chi connectivity index (χ0v) is 20.3. The molecule has 5 rings (SSSR count). The molecule has 2 atom stereocenters. The summed E-state index contributed by atoms with van der Waals surface area (Å²) in [6, 6.07) is 17.8. The highest BCUT2D eigenvalue weighted by atomic mass is 16.7. The van der Waals surface area contributed by atoms with Crippen LogP contribution in [-0.2, 0) is 14.3 Å². The third kappa shape index (κ3) is 5.24. The summed E-state index contributed by atoms with van der Waals surface area (Å²) < 4.78 is 13.8. The second kappa shape index (κ2) is 11.1. The van der Waals surface area contributed by atoms with Crippen molar-refractivity contribution in [3.05, 3.63) is 82.5 Å². The van der Waals surface area contributed by atoms with E-state index >= 15 is 0 Å². The van der Waals surface area contributed by atoms with Crippen molar-refractivity contribution in [2.24, 2.45) is 0 Å². The van der Waals surface area contributed by atoms with Gasteiger partial charge < -0.3 is 24.5 Å². The number of unbranched alkanes of at least 4 members (excludes halogenated alkanes) is 1. The van der Waals surface area contributed by atoms with Gasteiger partial charge in [-0.05, 0) is 49.5 Å². The number of nitrogens with one attached hydrogen (secondary N) is 1. The molecule has 0 bridgehead atoms. The standard InChI is InChI=1S/C28H33N3O5/c32-16-6-7-17-35-26-19-21(20-8-2-1-3-9-20)18-25(36-26)27(33)30-14-12-22(13-15-30)31-24-11-5-4-10-23(24)29-28(31)34/h1-5,8-11,18,21-22,26,32H,6-7,12-17,19H2,(H,29,34). The number of allylic oxidation sites excluding steroid dienone is 1. The van der Waals surface area contributed by atoms with Gasteiger partial charge >= 0.3 is 5.69 Å². The van der Waals surface area contributed by atoms with Crippen LogP contribution >= 0.6 is 0 Å². The van der Waals surface area contributed by atoms with Crippen LogP contribution in [0.25, 0.3) is 11.0 Å². The van der Waals surface area contributed by atoms with E-state index in [0.717, 1.165) is 23.0 Å². The molecule has 1 fully saturated rings. The first-order valence-corrected chi connectivity index (χ1v) is 12.8. The van der Waals surface area contributed by atoms with Crippen molar-refractivity contribution < 1.29 is 19.4 Å². The number of aliphatic hydroxyl groups excluding tert-OH is 1. The fourth-order valence-electron chi connectivity index (χ4n) is 5.19. The van der Waals surface area contributed by atoms with Gasteiger partial charge in [0.1, 0.15) is 0 Å². The molecule has 8 nitrogen and oxygen atoms in total. The zero-order chi connectivity index (χ0) is 24.9. The number of aromatic amines is 1. The average molecular weight is 492 g/mol. The normalized spacial score (nSPS) is 20.8. The lowest BCUT2D eigenvalue weighted by Gasteiger charge is -2.35. The number of imidazole rings is 1. The van der Waals surface area contributed by atoms with Crippen LogP contribution in [0.15, 0.2) is 71.2 Å². The summed E-state index contributed by atoms with van der Waals surface area (Å²) in [5.41, 5.74) is 2.75. The molecule has 3 heterocycles. The molecule has 0 radical (unpaired) electrons. The Morgan fingerprint density at radius 3 is 2.58 bits per heavy atom. The number of ether oxygens (including phenoxy) is 2. The Hall–Kier alpha value is -3.36. The van der Waals surface area contributed by atoms with Crippen molar-refractivity contribution >= 4 is 16.9 Å². The second-order valence-corrected chi connectivity index (χ2v) is 9.47. The highest BCUT2D eigenvalue weighted by molar-refractivity contribution is 5.92. The molecule has 2 aromatic carbocycles. The van der Waals surface area contributed by atoms with E-state index in [1.54, 1.807) is 0 Å². The number of fused-ring (bicyclic) bond motifs is 1. The summed E-state index contributed by atoms with van der Waals surface area (Å²) in [6.07, 6.45) is 4.84. The van der Waals surface area contributed by atoms with Gasteiger partial charge in [0.25, 0.3) is 5.91 Å². The number of para-hydroxylation sites is 2. The Balaban J connectivity index is 1.28. The van der Waals surface area contributed by atoms with E-state index in [0.29, 0.717) is 51.1 Å². The third-order valence-corrected chi connectivity index (χ3v) is 7.09. The Morgan fingerprint density at radius 2 is 1.81 bits per heavy atom. The molecule has 8 heteroatoms. The van der Waals surface area contributed by atoms with E-state index < -0.39 is 6.29 Å². The highest BCUT2D eigenvalue weighted by Gasteiger charge is 2.33. The fourth-order valence-corrected chi connectivity index (χ4v) is 5.19. The van der Waals surface area contributed by atoms with Gasteiger partial charge in [-0.1, -0.05) is 42.5 Å². The van der Waals surface area contributed by atoms with Gasteiger partial charge in [0, 0.05) is 38.1 Å². The summed E-state index contributed by atoms with van der Waals surface area (Å²) in [4.78, 5) is 30.8. The number of H-pyrrole nitrogens is 1. The van der Waals surface area contributed by atoms with E-state index in [1.165, 1.54) is 0 Å². The van der Waals surface area contributed by atoms with Crippen molar-refractivity contribution in [3.8, 4) is 0 Å². The molecule has 2 aliphatic rings. The molecule has 2 N–H and O–H groups in total. The van der Waals surface area contributed by atoms with E-state index in [-0.39, 0.29) is 30.2 Å². The number of rotatable bonds is 8. The molecule has 0 saturated carbocycles. The maximum absolute atomic E-state index is 13.5. The summed E-state index contributed by atoms with van der Waals surface area (Å²) in [5, 5.41) is 9.03. The van der Waals surface area contributed by atoms with Gasteiger partial charge in [-0.15, -0.1) is 0 Å². The number of aromatic nitrogens is 2. The average Bonchev–Trinajstić information content (AvgIpc) is 3.27. The van der Waals surface area contributed by atoms with Crippen molar-refractivity contribution in [2.75, 3.05) is 26.3 Å². The van der Waals surface area contributed by atoms with Crippen molar-refractivity contribution in [2.45, 2.75) is 50.4 Å². The summed E-state index contributed by atoms with van der Waals surface area (Å²) in [7, 11) is 0. The van der Waals surface area contributed by atoms with Gasteiger partial charge in [0.2, 0.25) is 6.29 Å². The Kier molecular flexibility index (Phi) is 7.53. The molecule has 2 aliphatic heterocycles. The van der Waals surface area contributed by atoms with Crippen LogP contribution < -0.4 is 5.69 Å². The predicted octanol–water partition coefficient (Wildman–Crippen LogP) is 3.70. The molecule has 1 amide bonds. The van der Waals surface area contributed by atoms with Gasteiger partial charge in [0.05, 0.1) is 17.6 Å². The van der Waals surface area contributed by atoms with Crippen molar-refractivity contribution in [1.82, 2.24) is 14.5 Å². The molecule has 1 saturated heterocycles. The van der Waals surface area contributed by atoms with E-state index in [1.807, 2.05) is 58.0 Å². The maximum Gasteiger partial charge on any atom is 0.326 e. The van der Waals surface area contributed by atoms with Crippen LogP contribution in [0.3, 0.4) is 0 Å². The lowest BCUT2D eigenvalue weighted by atomic mass is 9.92. The summed E-state index contributed by atoms with van der Waals surface area (Å²) in [5.74, 6) is 0.207. The Labute approximate surface area is 210 Å². The lowest BCUT2D eigenvalue weighted by Crippen LogP contribution is -2.42. The largest absolute Gasteiger partial charge is 0.459 e. The quantitative estimate of drug-likeness (QED) is 0.469. The van der Waals surface area contributed by atoms with Gasteiger partial charge in [-0.25, -0.2) is 4.79 Å². The van der Waals surface area contributed by atoms with Crippen LogP contribution in [0.2, 0.25) is 0 Å². The number of hydrogen-bond donors (Lipinski definition) is 2. The minimum absolute atomic E-state index is 0.0177. The number of aliphatic hydroxyl groups is 1. The zero-order valence-electron chi connectivity index (χ0n) is 20.3. The smallest absolute Gasteiger partial charge is 0.326 e. The molecule has 0 aliphatic carbocycles. The number of amides is 1. The number of piperidine rings is 1. The van der Waals surface area contributed by atoms with Crippen LogP contribution in [0, 0.1) is 0 Å². The summed E-state index contributed by atoms with van der Waals surface area (Å²) in [6.45, 7) is 1.70. The Morgan fingerprint density at radius 1 is 1.06 bits per heavy atom. The van der Waals surface area contributed by atoms with Gasteiger partial charge in [-0.2, -0.15) is 0 Å². The van der Waals surface area contributed by atoms with E-state index in [2.05, 4.69) is 17.1 Å². The second-order valence-electron chi connectivity index (χ2n) is 9.47. The van der Waals surface area contributed by atoms with Crippen LogP contribution in [-0.4, -0.2) is 58.1 Å². The molecule has 2 unspecified atom stereocenters.